The summed E-state index contributed by atoms with van der Waals surface area (Å²) in [5.74, 6) is 0.703. The second-order valence-electron chi connectivity index (χ2n) is 6.89. The number of aromatic amines is 1. The monoisotopic (exact) mass is 356 g/mol. The molecular formula is C19H24N4O3. The van der Waals surface area contributed by atoms with Gasteiger partial charge in [0.25, 0.3) is 0 Å². The molecule has 1 saturated carbocycles. The summed E-state index contributed by atoms with van der Waals surface area (Å²) < 4.78 is 5.40. The van der Waals surface area contributed by atoms with Crippen LogP contribution < -0.4 is 10.6 Å². The molecule has 0 bridgehead atoms. The topological polar surface area (TPSA) is 96.1 Å². The predicted octanol–water partition coefficient (Wildman–Crippen LogP) is 3.18. The van der Waals surface area contributed by atoms with Crippen molar-refractivity contribution in [3.8, 4) is 0 Å². The van der Waals surface area contributed by atoms with Crippen LogP contribution in [0.2, 0.25) is 0 Å². The lowest BCUT2D eigenvalue weighted by atomic mass is 9.80. The Morgan fingerprint density at radius 3 is 2.69 bits per heavy atom. The summed E-state index contributed by atoms with van der Waals surface area (Å²) in [7, 11) is 0. The molecule has 2 amide bonds. The number of alkyl carbamates (subject to hydrolysis) is 1. The van der Waals surface area contributed by atoms with Gasteiger partial charge < -0.3 is 15.4 Å². The summed E-state index contributed by atoms with van der Waals surface area (Å²) in [6.07, 6.45) is 0.980. The van der Waals surface area contributed by atoms with E-state index in [1.54, 1.807) is 0 Å². The number of amides is 2. The molecule has 1 heterocycles. The van der Waals surface area contributed by atoms with Gasteiger partial charge in [-0.05, 0) is 18.4 Å². The maximum atomic E-state index is 11.8. The van der Waals surface area contributed by atoms with Crippen LogP contribution >= 0.6 is 0 Å². The number of benzene rings is 1. The van der Waals surface area contributed by atoms with E-state index in [9.17, 15) is 9.59 Å². The molecule has 0 aliphatic heterocycles. The number of rotatable bonds is 6. The van der Waals surface area contributed by atoms with Gasteiger partial charge in [0.1, 0.15) is 11.9 Å². The summed E-state index contributed by atoms with van der Waals surface area (Å²) >= 11 is 0. The Kier molecular flexibility index (Phi) is 5.55. The van der Waals surface area contributed by atoms with Crippen LogP contribution in [-0.4, -0.2) is 28.3 Å². The summed E-state index contributed by atoms with van der Waals surface area (Å²) in [5, 5.41) is 12.6. The van der Waals surface area contributed by atoms with E-state index in [4.69, 9.17) is 4.74 Å². The highest BCUT2D eigenvalue weighted by atomic mass is 16.6. The number of nitrogens with zero attached hydrogens (tertiary/aromatic N) is 1. The molecule has 3 N–H and O–H groups in total. The van der Waals surface area contributed by atoms with Crippen LogP contribution in [0.3, 0.4) is 0 Å². The third-order valence-electron chi connectivity index (χ3n) is 4.45. The first-order valence-electron chi connectivity index (χ1n) is 8.86. The lowest BCUT2D eigenvalue weighted by Gasteiger charge is -2.33. The maximum Gasteiger partial charge on any atom is 0.407 e. The molecule has 1 aliphatic carbocycles. The van der Waals surface area contributed by atoms with Crippen LogP contribution in [0, 0.1) is 5.92 Å². The quantitative estimate of drug-likeness (QED) is 0.741. The molecular weight excluding hydrogens is 332 g/mol. The van der Waals surface area contributed by atoms with Crippen molar-refractivity contribution in [1.82, 2.24) is 15.5 Å². The maximum absolute atomic E-state index is 11.8. The van der Waals surface area contributed by atoms with E-state index in [-0.39, 0.29) is 23.8 Å². The van der Waals surface area contributed by atoms with Gasteiger partial charge in [0.2, 0.25) is 5.91 Å². The van der Waals surface area contributed by atoms with E-state index >= 15 is 0 Å². The van der Waals surface area contributed by atoms with Crippen molar-refractivity contribution in [1.29, 1.82) is 0 Å². The molecule has 1 aromatic heterocycles. The minimum atomic E-state index is -0.399. The second kappa shape index (κ2) is 8.03. The minimum Gasteiger partial charge on any atom is -0.446 e. The van der Waals surface area contributed by atoms with Gasteiger partial charge in [-0.2, -0.15) is 5.10 Å². The fourth-order valence-electron chi connectivity index (χ4n) is 2.75. The first kappa shape index (κ1) is 18.0. The van der Waals surface area contributed by atoms with Gasteiger partial charge in [0.05, 0.1) is 5.69 Å². The van der Waals surface area contributed by atoms with Gasteiger partial charge in [-0.25, -0.2) is 4.79 Å². The highest BCUT2D eigenvalue weighted by Gasteiger charge is 2.35. The summed E-state index contributed by atoms with van der Waals surface area (Å²) in [5.41, 5.74) is 1.91. The molecule has 7 heteroatoms. The first-order valence-corrected chi connectivity index (χ1v) is 8.86. The molecule has 0 radical (unpaired) electrons. The van der Waals surface area contributed by atoms with Crippen molar-refractivity contribution < 1.29 is 14.3 Å². The van der Waals surface area contributed by atoms with E-state index in [1.165, 1.54) is 0 Å². The number of aromatic nitrogens is 2. The average Bonchev–Trinajstić information content (AvgIpc) is 3.04. The Labute approximate surface area is 152 Å². The molecule has 7 nitrogen and oxygen atoms in total. The van der Waals surface area contributed by atoms with E-state index in [0.717, 1.165) is 24.1 Å². The number of H-pyrrole nitrogens is 1. The molecule has 26 heavy (non-hydrogen) atoms. The van der Waals surface area contributed by atoms with Crippen LogP contribution in [0.1, 0.15) is 43.9 Å². The zero-order valence-electron chi connectivity index (χ0n) is 15.0. The summed E-state index contributed by atoms with van der Waals surface area (Å²) in [4.78, 5) is 23.5. The Hall–Kier alpha value is -2.83. The number of anilines is 1. The van der Waals surface area contributed by atoms with Gasteiger partial charge >= 0.3 is 6.09 Å². The van der Waals surface area contributed by atoms with Crippen LogP contribution in [0.25, 0.3) is 0 Å². The Morgan fingerprint density at radius 1 is 1.27 bits per heavy atom. The molecule has 0 spiro atoms. The summed E-state index contributed by atoms with van der Waals surface area (Å²) in [6.45, 7) is 4.13. The number of carbonyl (C=O) groups is 2. The highest BCUT2D eigenvalue weighted by molar-refractivity contribution is 5.91. The van der Waals surface area contributed by atoms with Gasteiger partial charge in [-0.1, -0.05) is 44.2 Å². The van der Waals surface area contributed by atoms with Crippen LogP contribution in [0.4, 0.5) is 10.6 Å². The number of carbonyl (C=O) groups excluding carboxylic acids is 2. The van der Waals surface area contributed by atoms with Crippen LogP contribution in [-0.2, 0) is 16.1 Å². The van der Waals surface area contributed by atoms with Crippen molar-refractivity contribution in [2.24, 2.45) is 5.92 Å². The molecule has 1 fully saturated rings. The van der Waals surface area contributed by atoms with E-state index in [1.807, 2.05) is 50.2 Å². The first-order chi connectivity index (χ1) is 12.5. The van der Waals surface area contributed by atoms with E-state index in [0.29, 0.717) is 12.4 Å². The second-order valence-corrected chi connectivity index (χ2v) is 6.89. The highest BCUT2D eigenvalue weighted by Crippen LogP contribution is 2.38. The van der Waals surface area contributed by atoms with Gasteiger partial charge in [-0.15, -0.1) is 0 Å². The number of nitrogens with one attached hydrogen (secondary N) is 3. The van der Waals surface area contributed by atoms with Crippen molar-refractivity contribution in [2.75, 3.05) is 5.32 Å². The summed E-state index contributed by atoms with van der Waals surface area (Å²) in [6, 6.07) is 11.5. The Bertz CT molecular complexity index is 751. The Morgan fingerprint density at radius 2 is 2.00 bits per heavy atom. The minimum absolute atomic E-state index is 0.0508. The van der Waals surface area contributed by atoms with Crippen molar-refractivity contribution in [3.63, 3.8) is 0 Å². The van der Waals surface area contributed by atoms with Crippen molar-refractivity contribution in [3.05, 3.63) is 47.7 Å². The van der Waals surface area contributed by atoms with Crippen molar-refractivity contribution >= 4 is 17.8 Å². The largest absolute Gasteiger partial charge is 0.446 e. The molecule has 1 aromatic carbocycles. The lowest BCUT2D eigenvalue weighted by Crippen LogP contribution is -2.36. The lowest BCUT2D eigenvalue weighted by molar-refractivity contribution is -0.118. The van der Waals surface area contributed by atoms with Crippen molar-refractivity contribution in [2.45, 2.75) is 45.3 Å². The third kappa shape index (κ3) is 4.62. The SMILES string of the molecule is CC(C)C(=O)Nc1cc(C2CC(OC(=O)NCc3ccccc3)C2)n[nH]1. The number of hydrogen-bond acceptors (Lipinski definition) is 4. The predicted molar refractivity (Wildman–Crippen MR) is 97.6 cm³/mol. The average molecular weight is 356 g/mol. The van der Waals surface area contributed by atoms with Crippen LogP contribution in [0.5, 0.6) is 0 Å². The zero-order valence-corrected chi connectivity index (χ0v) is 15.0. The molecule has 2 aromatic rings. The molecule has 138 valence electrons. The van der Waals surface area contributed by atoms with Gasteiger partial charge in [0.15, 0.2) is 0 Å². The fourth-order valence-corrected chi connectivity index (χ4v) is 2.75. The molecule has 0 saturated heterocycles. The molecule has 3 rings (SSSR count). The van der Waals surface area contributed by atoms with Crippen LogP contribution in [0.15, 0.2) is 36.4 Å². The van der Waals surface area contributed by atoms with Gasteiger partial charge in [-0.3, -0.25) is 9.89 Å². The standard InChI is InChI=1S/C19H24N4O3/c1-12(2)18(24)21-17-10-16(22-23-17)14-8-15(9-14)26-19(25)20-11-13-6-4-3-5-7-13/h3-7,10,12,14-15H,8-9,11H2,1-2H3,(H,20,25)(H2,21,22,23,24). The smallest absolute Gasteiger partial charge is 0.407 e. The Balaban J connectivity index is 1.39. The number of hydrogen-bond donors (Lipinski definition) is 3. The van der Waals surface area contributed by atoms with E-state index in [2.05, 4.69) is 20.8 Å². The molecule has 1 aliphatic rings. The third-order valence-corrected chi connectivity index (χ3v) is 4.45. The number of ether oxygens (including phenoxy) is 1. The fraction of sp³-hybridized carbons (Fsp3) is 0.421. The zero-order chi connectivity index (χ0) is 18.5. The van der Waals surface area contributed by atoms with Gasteiger partial charge in [0, 0.05) is 24.4 Å². The molecule has 0 unspecified atom stereocenters. The normalized spacial score (nSPS) is 18.9. The van der Waals surface area contributed by atoms with E-state index < -0.39 is 6.09 Å². The molecule has 0 atom stereocenters.